The van der Waals surface area contributed by atoms with E-state index in [0.717, 1.165) is 25.5 Å². The van der Waals surface area contributed by atoms with E-state index in [-0.39, 0.29) is 36.6 Å². The fourth-order valence-electron chi connectivity index (χ4n) is 3.16. The lowest BCUT2D eigenvalue weighted by Gasteiger charge is -2.35. The van der Waals surface area contributed by atoms with Crippen molar-refractivity contribution in [3.05, 3.63) is 52.1 Å². The van der Waals surface area contributed by atoms with Crippen molar-refractivity contribution in [2.75, 3.05) is 31.5 Å². The van der Waals surface area contributed by atoms with Crippen molar-refractivity contribution in [1.82, 2.24) is 19.8 Å². The van der Waals surface area contributed by atoms with Gasteiger partial charge in [0.15, 0.2) is 0 Å². The molecular formula is C17H23ClN6O3. The van der Waals surface area contributed by atoms with Gasteiger partial charge < -0.3 is 15.2 Å². The molecule has 0 spiro atoms. The smallest absolute Gasteiger partial charge is 0.269 e. The third kappa shape index (κ3) is 4.82. The molecule has 0 radical (unpaired) electrons. The SMILES string of the molecule is Cc1cc([N+](=O)[O-])ccc1NC(=O)CN1CCNCC1c1nccn1C.Cl. The highest BCUT2D eigenvalue weighted by Gasteiger charge is 2.28. The van der Waals surface area contributed by atoms with Gasteiger partial charge in [0.1, 0.15) is 5.82 Å². The summed E-state index contributed by atoms with van der Waals surface area (Å²) in [6, 6.07) is 4.44. The van der Waals surface area contributed by atoms with E-state index in [2.05, 4.69) is 20.5 Å². The number of imidazole rings is 1. The number of rotatable bonds is 5. The molecule has 27 heavy (non-hydrogen) atoms. The van der Waals surface area contributed by atoms with Crippen LogP contribution in [0.3, 0.4) is 0 Å². The van der Waals surface area contributed by atoms with Gasteiger partial charge in [0.2, 0.25) is 5.91 Å². The van der Waals surface area contributed by atoms with Gasteiger partial charge in [0.05, 0.1) is 17.5 Å². The molecule has 0 bridgehead atoms. The van der Waals surface area contributed by atoms with Gasteiger partial charge >= 0.3 is 0 Å². The molecule has 0 aliphatic carbocycles. The summed E-state index contributed by atoms with van der Waals surface area (Å²) in [7, 11) is 1.94. The molecule has 1 atom stereocenters. The summed E-state index contributed by atoms with van der Waals surface area (Å²) in [4.78, 5) is 29.4. The minimum absolute atomic E-state index is 0. The van der Waals surface area contributed by atoms with E-state index >= 15 is 0 Å². The number of non-ortho nitro benzene ring substituents is 1. The molecule has 0 saturated carbocycles. The second kappa shape index (κ2) is 8.94. The van der Waals surface area contributed by atoms with Crippen molar-refractivity contribution in [3.63, 3.8) is 0 Å². The number of carbonyl (C=O) groups is 1. The summed E-state index contributed by atoms with van der Waals surface area (Å²) in [5.41, 5.74) is 1.26. The number of nitro benzene ring substituents is 1. The highest BCUT2D eigenvalue weighted by molar-refractivity contribution is 5.93. The molecule has 2 aromatic rings. The first kappa shape index (κ1) is 20.8. The van der Waals surface area contributed by atoms with Crippen molar-refractivity contribution in [2.24, 2.45) is 7.05 Å². The number of amides is 1. The average Bonchev–Trinajstić information content (AvgIpc) is 3.03. The van der Waals surface area contributed by atoms with Crippen LogP contribution in [0.5, 0.6) is 0 Å². The molecule has 1 amide bonds. The third-order valence-electron chi connectivity index (χ3n) is 4.55. The number of nitrogens with one attached hydrogen (secondary N) is 2. The summed E-state index contributed by atoms with van der Waals surface area (Å²) >= 11 is 0. The Bertz CT molecular complexity index is 825. The summed E-state index contributed by atoms with van der Waals surface area (Å²) in [5, 5.41) is 17.0. The number of piperazine rings is 1. The van der Waals surface area contributed by atoms with Crippen molar-refractivity contribution in [3.8, 4) is 0 Å². The predicted octanol–water partition coefficient (Wildman–Crippen LogP) is 1.64. The lowest BCUT2D eigenvalue weighted by atomic mass is 10.1. The number of aryl methyl sites for hydroxylation is 2. The van der Waals surface area contributed by atoms with Gasteiger partial charge in [-0.05, 0) is 18.6 Å². The summed E-state index contributed by atoms with van der Waals surface area (Å²) in [5.74, 6) is 0.763. The number of nitro groups is 1. The third-order valence-corrected chi connectivity index (χ3v) is 4.55. The zero-order chi connectivity index (χ0) is 18.7. The van der Waals surface area contributed by atoms with Gasteiger partial charge in [-0.2, -0.15) is 0 Å². The van der Waals surface area contributed by atoms with Crippen LogP contribution in [-0.2, 0) is 11.8 Å². The maximum atomic E-state index is 12.5. The number of hydrogen-bond acceptors (Lipinski definition) is 6. The number of hydrogen-bond donors (Lipinski definition) is 2. The van der Waals surface area contributed by atoms with Crippen molar-refractivity contribution in [1.29, 1.82) is 0 Å². The molecule has 2 heterocycles. The Morgan fingerprint density at radius 1 is 1.48 bits per heavy atom. The minimum atomic E-state index is -0.448. The van der Waals surface area contributed by atoms with Crippen molar-refractivity contribution in [2.45, 2.75) is 13.0 Å². The second-order valence-corrected chi connectivity index (χ2v) is 6.39. The Morgan fingerprint density at radius 3 is 2.89 bits per heavy atom. The van der Waals surface area contributed by atoms with E-state index in [1.807, 2.05) is 17.8 Å². The van der Waals surface area contributed by atoms with Crippen LogP contribution in [0, 0.1) is 17.0 Å². The molecule has 10 heteroatoms. The fourth-order valence-corrected chi connectivity index (χ4v) is 3.16. The lowest BCUT2D eigenvalue weighted by molar-refractivity contribution is -0.384. The van der Waals surface area contributed by atoms with Crippen LogP contribution in [0.2, 0.25) is 0 Å². The summed E-state index contributed by atoms with van der Waals surface area (Å²) in [6.07, 6.45) is 3.64. The van der Waals surface area contributed by atoms with E-state index < -0.39 is 4.92 Å². The largest absolute Gasteiger partial charge is 0.337 e. The van der Waals surface area contributed by atoms with Gasteiger partial charge in [-0.25, -0.2) is 4.98 Å². The molecule has 1 aliphatic rings. The standard InChI is InChI=1S/C17H22N6O3.ClH/c1-12-9-13(23(25)26)3-4-14(12)20-16(24)11-22-8-5-18-10-15(22)17-19-6-7-21(17)2;/h3-4,6-7,9,15,18H,5,8,10-11H2,1-2H3,(H,20,24);1H. The number of aromatic nitrogens is 2. The fraction of sp³-hybridized carbons (Fsp3) is 0.412. The topological polar surface area (TPSA) is 105 Å². The number of nitrogens with zero attached hydrogens (tertiary/aromatic N) is 4. The highest BCUT2D eigenvalue weighted by Crippen LogP contribution is 2.23. The van der Waals surface area contributed by atoms with Crippen molar-refractivity contribution >= 4 is 29.7 Å². The predicted molar refractivity (Wildman–Crippen MR) is 104 cm³/mol. The van der Waals surface area contributed by atoms with Gasteiger partial charge in [-0.15, -0.1) is 12.4 Å². The quantitative estimate of drug-likeness (QED) is 0.590. The average molecular weight is 395 g/mol. The van der Waals surface area contributed by atoms with E-state index in [0.29, 0.717) is 11.3 Å². The molecule has 2 N–H and O–H groups in total. The second-order valence-electron chi connectivity index (χ2n) is 6.39. The first-order valence-corrected chi connectivity index (χ1v) is 8.42. The van der Waals surface area contributed by atoms with E-state index in [1.165, 1.54) is 12.1 Å². The van der Waals surface area contributed by atoms with Crippen LogP contribution in [-0.4, -0.2) is 51.5 Å². The van der Waals surface area contributed by atoms with E-state index in [1.54, 1.807) is 19.2 Å². The first-order valence-electron chi connectivity index (χ1n) is 8.42. The Hall–Kier alpha value is -2.49. The van der Waals surface area contributed by atoms with Crippen LogP contribution < -0.4 is 10.6 Å². The first-order chi connectivity index (χ1) is 12.5. The lowest BCUT2D eigenvalue weighted by Crippen LogP contribution is -2.49. The monoisotopic (exact) mass is 394 g/mol. The van der Waals surface area contributed by atoms with Crippen LogP contribution >= 0.6 is 12.4 Å². The molecule has 1 aromatic carbocycles. The molecule has 1 fully saturated rings. The maximum Gasteiger partial charge on any atom is 0.269 e. The van der Waals surface area contributed by atoms with Crippen LogP contribution in [0.1, 0.15) is 17.4 Å². The van der Waals surface area contributed by atoms with Gasteiger partial charge in [0, 0.05) is 56.9 Å². The van der Waals surface area contributed by atoms with E-state index in [4.69, 9.17) is 0 Å². The molecule has 1 saturated heterocycles. The maximum absolute atomic E-state index is 12.5. The Balaban J connectivity index is 0.00000261. The zero-order valence-electron chi connectivity index (χ0n) is 15.2. The number of anilines is 1. The van der Waals surface area contributed by atoms with Crippen molar-refractivity contribution < 1.29 is 9.72 Å². The normalized spacial score (nSPS) is 17.2. The molecule has 1 unspecified atom stereocenters. The highest BCUT2D eigenvalue weighted by atomic mass is 35.5. The molecule has 1 aliphatic heterocycles. The van der Waals surface area contributed by atoms with Crippen LogP contribution in [0.15, 0.2) is 30.6 Å². The molecule has 146 valence electrons. The number of benzene rings is 1. The molecular weight excluding hydrogens is 372 g/mol. The summed E-state index contributed by atoms with van der Waals surface area (Å²) in [6.45, 7) is 4.25. The van der Waals surface area contributed by atoms with Crippen LogP contribution in [0.4, 0.5) is 11.4 Å². The minimum Gasteiger partial charge on any atom is -0.337 e. The Labute approximate surface area is 163 Å². The number of carbonyl (C=O) groups excluding carboxylic acids is 1. The molecule has 3 rings (SSSR count). The van der Waals surface area contributed by atoms with Gasteiger partial charge in [-0.1, -0.05) is 0 Å². The van der Waals surface area contributed by atoms with Gasteiger partial charge in [0.25, 0.3) is 5.69 Å². The Kier molecular flexibility index (Phi) is 6.89. The Morgan fingerprint density at radius 2 is 2.26 bits per heavy atom. The van der Waals surface area contributed by atoms with Gasteiger partial charge in [-0.3, -0.25) is 19.8 Å². The molecule has 9 nitrogen and oxygen atoms in total. The van der Waals surface area contributed by atoms with Crippen LogP contribution in [0.25, 0.3) is 0 Å². The zero-order valence-corrected chi connectivity index (χ0v) is 16.0. The molecule has 1 aromatic heterocycles. The number of halogens is 1. The van der Waals surface area contributed by atoms with E-state index in [9.17, 15) is 14.9 Å². The summed E-state index contributed by atoms with van der Waals surface area (Å²) < 4.78 is 1.96.